The van der Waals surface area contributed by atoms with E-state index in [9.17, 15) is 0 Å². The zero-order valence-electron chi connectivity index (χ0n) is 28.6. The van der Waals surface area contributed by atoms with Crippen molar-refractivity contribution < 1.29 is 4.42 Å². The van der Waals surface area contributed by atoms with E-state index in [0.29, 0.717) is 17.5 Å². The van der Waals surface area contributed by atoms with E-state index in [1.54, 1.807) is 0 Å². The summed E-state index contributed by atoms with van der Waals surface area (Å²) < 4.78 is 6.45. The molecule has 0 bridgehead atoms. The van der Waals surface area contributed by atoms with Gasteiger partial charge in [0.2, 0.25) is 0 Å². The van der Waals surface area contributed by atoms with Gasteiger partial charge >= 0.3 is 0 Å². The molecule has 53 heavy (non-hydrogen) atoms. The van der Waals surface area contributed by atoms with Crippen molar-refractivity contribution in [3.8, 4) is 67.5 Å². The molecule has 2 heterocycles. The molecule has 4 nitrogen and oxygen atoms in total. The van der Waals surface area contributed by atoms with E-state index in [2.05, 4.69) is 133 Å². The van der Waals surface area contributed by atoms with E-state index in [0.717, 1.165) is 60.5 Å². The van der Waals surface area contributed by atoms with Gasteiger partial charge in [-0.15, -0.1) is 0 Å². The average Bonchev–Trinajstić information content (AvgIpc) is 3.62. The summed E-state index contributed by atoms with van der Waals surface area (Å²) in [6.45, 7) is 0. The molecule has 4 heteroatoms. The molecular formula is C49H31N3O. The van der Waals surface area contributed by atoms with Crippen molar-refractivity contribution in [1.82, 2.24) is 15.0 Å². The first-order chi connectivity index (χ1) is 26.3. The van der Waals surface area contributed by atoms with Gasteiger partial charge in [0, 0.05) is 27.5 Å². The molecule has 10 rings (SSSR count). The Hall–Kier alpha value is -7.17. The minimum atomic E-state index is 0.594. The maximum Gasteiger partial charge on any atom is 0.164 e. The monoisotopic (exact) mass is 677 g/mol. The molecule has 0 radical (unpaired) electrons. The van der Waals surface area contributed by atoms with E-state index in [4.69, 9.17) is 19.4 Å². The molecular weight excluding hydrogens is 647 g/mol. The number of aromatic nitrogens is 3. The fourth-order valence-corrected chi connectivity index (χ4v) is 7.38. The minimum absolute atomic E-state index is 0.594. The average molecular weight is 678 g/mol. The highest BCUT2D eigenvalue weighted by molar-refractivity contribution is 6.13. The van der Waals surface area contributed by atoms with Crippen LogP contribution in [-0.2, 0) is 0 Å². The molecule has 0 aliphatic heterocycles. The third kappa shape index (κ3) is 5.54. The fourth-order valence-electron chi connectivity index (χ4n) is 7.38. The second-order valence-corrected chi connectivity index (χ2v) is 13.2. The molecule has 0 saturated carbocycles. The van der Waals surface area contributed by atoms with Gasteiger partial charge in [-0.25, -0.2) is 15.0 Å². The highest BCUT2D eigenvalue weighted by atomic mass is 16.3. The fraction of sp³-hybridized carbons (Fsp3) is 0. The van der Waals surface area contributed by atoms with E-state index in [-0.39, 0.29) is 0 Å². The minimum Gasteiger partial charge on any atom is -0.456 e. The summed E-state index contributed by atoms with van der Waals surface area (Å²) in [6.07, 6.45) is 0. The zero-order valence-corrected chi connectivity index (χ0v) is 28.6. The van der Waals surface area contributed by atoms with Gasteiger partial charge in [-0.2, -0.15) is 0 Å². The van der Waals surface area contributed by atoms with Gasteiger partial charge in [0.05, 0.1) is 0 Å². The molecule has 0 unspecified atom stereocenters. The topological polar surface area (TPSA) is 51.8 Å². The van der Waals surface area contributed by atoms with Gasteiger partial charge in [0.15, 0.2) is 17.5 Å². The molecule has 0 saturated heterocycles. The molecule has 8 aromatic carbocycles. The summed E-state index contributed by atoms with van der Waals surface area (Å²) in [5, 5.41) is 4.22. The van der Waals surface area contributed by atoms with Crippen molar-refractivity contribution in [2.24, 2.45) is 0 Å². The van der Waals surface area contributed by atoms with Crippen LogP contribution in [0.4, 0.5) is 0 Å². The summed E-state index contributed by atoms with van der Waals surface area (Å²) in [5.41, 5.74) is 11.3. The normalized spacial score (nSPS) is 11.4. The standard InChI is InChI=1S/C49H31N3O/c1-4-13-32(14-5-1)33-23-25-34(26-24-33)37-27-30-44-43(31-37)46-42(21-12-22-45(46)53-44)49-51-47(36-17-8-3-9-18-36)50-48(52-49)41-29-28-38(35-15-6-2-7-16-35)39-19-10-11-20-40(39)41/h1-31H. The lowest BCUT2D eigenvalue weighted by Gasteiger charge is -2.13. The number of hydrogen-bond acceptors (Lipinski definition) is 4. The number of rotatable bonds is 6. The molecule has 0 atom stereocenters. The van der Waals surface area contributed by atoms with Crippen LogP contribution in [-0.4, -0.2) is 15.0 Å². The third-order valence-corrected chi connectivity index (χ3v) is 9.98. The Morgan fingerprint density at radius 1 is 0.283 bits per heavy atom. The van der Waals surface area contributed by atoms with Crippen LogP contribution in [0.15, 0.2) is 192 Å². The van der Waals surface area contributed by atoms with Gasteiger partial charge in [-0.3, -0.25) is 0 Å². The Labute approximate surface area is 306 Å². The number of nitrogens with zero attached hydrogens (tertiary/aromatic N) is 3. The molecule has 2 aromatic heterocycles. The highest BCUT2D eigenvalue weighted by Gasteiger charge is 2.20. The summed E-state index contributed by atoms with van der Waals surface area (Å²) in [6, 6.07) is 65.2. The van der Waals surface area contributed by atoms with Gasteiger partial charge in [-0.05, 0) is 68.4 Å². The number of hydrogen-bond donors (Lipinski definition) is 0. The maximum absolute atomic E-state index is 6.45. The van der Waals surface area contributed by atoms with Crippen LogP contribution in [0.3, 0.4) is 0 Å². The predicted octanol–water partition coefficient (Wildman–Crippen LogP) is 12.9. The first-order valence-electron chi connectivity index (χ1n) is 17.8. The lowest BCUT2D eigenvalue weighted by Crippen LogP contribution is -2.01. The molecule has 0 aliphatic carbocycles. The maximum atomic E-state index is 6.45. The quantitative estimate of drug-likeness (QED) is 0.176. The van der Waals surface area contributed by atoms with Crippen molar-refractivity contribution in [3.05, 3.63) is 188 Å². The lowest BCUT2D eigenvalue weighted by molar-refractivity contribution is 0.669. The van der Waals surface area contributed by atoms with Crippen LogP contribution in [0.5, 0.6) is 0 Å². The van der Waals surface area contributed by atoms with Crippen molar-refractivity contribution >= 4 is 32.7 Å². The first kappa shape index (κ1) is 30.6. The van der Waals surface area contributed by atoms with Crippen molar-refractivity contribution in [1.29, 1.82) is 0 Å². The van der Waals surface area contributed by atoms with Crippen LogP contribution in [0.25, 0.3) is 100 Å². The first-order valence-corrected chi connectivity index (χ1v) is 17.8. The molecule has 0 fully saturated rings. The Morgan fingerprint density at radius 2 is 0.792 bits per heavy atom. The predicted molar refractivity (Wildman–Crippen MR) is 217 cm³/mol. The second kappa shape index (κ2) is 12.9. The van der Waals surface area contributed by atoms with Crippen molar-refractivity contribution in [2.45, 2.75) is 0 Å². The smallest absolute Gasteiger partial charge is 0.164 e. The Morgan fingerprint density at radius 3 is 1.49 bits per heavy atom. The van der Waals surface area contributed by atoms with E-state index in [1.807, 2.05) is 54.6 Å². The molecule has 248 valence electrons. The Kier molecular flexibility index (Phi) is 7.43. The largest absolute Gasteiger partial charge is 0.456 e. The Bertz CT molecular complexity index is 2920. The summed E-state index contributed by atoms with van der Waals surface area (Å²) in [5.74, 6) is 1.83. The molecule has 0 aliphatic rings. The number of benzene rings is 8. The molecule has 0 amide bonds. The van der Waals surface area contributed by atoms with Crippen LogP contribution in [0, 0.1) is 0 Å². The zero-order chi connectivity index (χ0) is 35.1. The summed E-state index contributed by atoms with van der Waals surface area (Å²) in [7, 11) is 0. The Balaban J connectivity index is 1.15. The summed E-state index contributed by atoms with van der Waals surface area (Å²) in [4.78, 5) is 15.5. The van der Waals surface area contributed by atoms with Gasteiger partial charge in [-0.1, -0.05) is 164 Å². The summed E-state index contributed by atoms with van der Waals surface area (Å²) >= 11 is 0. The molecule has 0 N–H and O–H groups in total. The van der Waals surface area contributed by atoms with Gasteiger partial charge < -0.3 is 4.42 Å². The highest BCUT2D eigenvalue weighted by Crippen LogP contribution is 2.40. The lowest BCUT2D eigenvalue weighted by atomic mass is 9.94. The van der Waals surface area contributed by atoms with Crippen LogP contribution in [0.2, 0.25) is 0 Å². The second-order valence-electron chi connectivity index (χ2n) is 13.2. The number of furan rings is 1. The van der Waals surface area contributed by atoms with Crippen LogP contribution in [0.1, 0.15) is 0 Å². The van der Waals surface area contributed by atoms with E-state index in [1.165, 1.54) is 22.3 Å². The van der Waals surface area contributed by atoms with Crippen LogP contribution >= 0.6 is 0 Å². The van der Waals surface area contributed by atoms with E-state index >= 15 is 0 Å². The van der Waals surface area contributed by atoms with Gasteiger partial charge in [0.25, 0.3) is 0 Å². The molecule has 0 spiro atoms. The third-order valence-electron chi connectivity index (χ3n) is 9.98. The van der Waals surface area contributed by atoms with Crippen LogP contribution < -0.4 is 0 Å². The van der Waals surface area contributed by atoms with Gasteiger partial charge in [0.1, 0.15) is 11.2 Å². The SMILES string of the molecule is c1ccc(-c2ccc(-c3ccc4oc5cccc(-c6nc(-c7ccccc7)nc(-c7ccc(-c8ccccc8)c8ccccc78)n6)c5c4c3)cc2)cc1. The van der Waals surface area contributed by atoms with Crippen molar-refractivity contribution in [2.75, 3.05) is 0 Å². The van der Waals surface area contributed by atoms with Crippen molar-refractivity contribution in [3.63, 3.8) is 0 Å². The van der Waals surface area contributed by atoms with E-state index < -0.39 is 0 Å². The number of fused-ring (bicyclic) bond motifs is 4. The molecule has 10 aromatic rings.